The molecule has 0 aliphatic heterocycles. The Bertz CT molecular complexity index is 1740. The number of hydrogen-bond acceptors (Lipinski definition) is 0. The van der Waals surface area contributed by atoms with Gasteiger partial charge in [-0.05, 0) is 0 Å². The van der Waals surface area contributed by atoms with E-state index < -0.39 is 21.3 Å². The van der Waals surface area contributed by atoms with E-state index in [2.05, 4.69) is 132 Å². The van der Waals surface area contributed by atoms with Crippen molar-refractivity contribution >= 4 is 9.28 Å². The van der Waals surface area contributed by atoms with Crippen LogP contribution in [0.5, 0.6) is 0 Å². The summed E-state index contributed by atoms with van der Waals surface area (Å²) in [7, 11) is 0. The number of hydrogen-bond donors (Lipinski definition) is 0. The molecule has 0 N–H and O–H groups in total. The van der Waals surface area contributed by atoms with Crippen molar-refractivity contribution in [3.63, 3.8) is 0 Å². The summed E-state index contributed by atoms with van der Waals surface area (Å²) in [4.78, 5) is 0. The van der Waals surface area contributed by atoms with Gasteiger partial charge in [-0.1, -0.05) is 0 Å². The first-order valence-electron chi connectivity index (χ1n) is 15.6. The van der Waals surface area contributed by atoms with Crippen LogP contribution in [0.3, 0.4) is 0 Å². The molecule has 2 aliphatic carbocycles. The van der Waals surface area contributed by atoms with E-state index in [1.807, 2.05) is 12.1 Å². The molecular formula is C41H43Cl2FZr. The molecule has 0 saturated carbocycles. The molecule has 4 heteroatoms. The second-order valence-corrected chi connectivity index (χ2v) is 20.2. The average Bonchev–Trinajstić information content (AvgIpc) is 3.45. The zero-order chi connectivity index (χ0) is 30.7. The summed E-state index contributed by atoms with van der Waals surface area (Å²) in [5.41, 5.74) is 13.9. The minimum Gasteiger partial charge on any atom is -1.00 e. The Kier molecular flexibility index (Phi) is 10.6. The molecule has 2 aliphatic rings. The molecule has 0 saturated heterocycles. The summed E-state index contributed by atoms with van der Waals surface area (Å²) in [6, 6.07) is 32.6. The first kappa shape index (κ1) is 35.5. The van der Waals surface area contributed by atoms with E-state index >= 15 is 0 Å². The van der Waals surface area contributed by atoms with Gasteiger partial charge in [0.25, 0.3) is 0 Å². The predicted octanol–water partition coefficient (Wildman–Crippen LogP) is 4.97. The van der Waals surface area contributed by atoms with Crippen molar-refractivity contribution in [3.8, 4) is 11.1 Å². The van der Waals surface area contributed by atoms with Crippen LogP contribution < -0.4 is 24.8 Å². The topological polar surface area (TPSA) is 0 Å². The molecule has 232 valence electrons. The SMILES string of the molecule is CC1=[C](/[Zr+2](=[CH]/c2ccc(F)cc2)[CH]2c3ccc(C(C)(C)C)cc3-c3cc(C(C)(C)C)ccc32)C(C)C=C1c1ccccc1.[Cl-].[Cl-]. The van der Waals surface area contributed by atoms with Crippen molar-refractivity contribution in [2.24, 2.45) is 5.92 Å². The number of halogens is 3. The fraction of sp³-hybridized carbons (Fsp3) is 0.293. The molecular weight excluding hydrogens is 674 g/mol. The maximum Gasteiger partial charge on any atom is -1.00 e. The van der Waals surface area contributed by atoms with Crippen LogP contribution in [-0.4, -0.2) is 3.71 Å². The van der Waals surface area contributed by atoms with Crippen molar-refractivity contribution in [1.29, 1.82) is 0 Å². The number of allylic oxidation sites excluding steroid dienone is 4. The monoisotopic (exact) mass is 714 g/mol. The van der Waals surface area contributed by atoms with E-state index in [4.69, 9.17) is 0 Å². The Morgan fingerprint density at radius 2 is 1.20 bits per heavy atom. The van der Waals surface area contributed by atoms with Gasteiger partial charge < -0.3 is 24.8 Å². The van der Waals surface area contributed by atoms with Crippen LogP contribution in [0.15, 0.2) is 106 Å². The third-order valence-corrected chi connectivity index (χ3v) is 17.5. The fourth-order valence-corrected chi connectivity index (χ4v) is 15.6. The minimum atomic E-state index is -2.69. The van der Waals surface area contributed by atoms with E-state index in [1.54, 1.807) is 15.4 Å². The Hall–Kier alpha value is -2.38. The summed E-state index contributed by atoms with van der Waals surface area (Å²) in [6.07, 6.45) is 2.49. The van der Waals surface area contributed by atoms with E-state index in [1.165, 1.54) is 50.1 Å². The Labute approximate surface area is 289 Å². The van der Waals surface area contributed by atoms with Gasteiger partial charge in [0.2, 0.25) is 0 Å². The predicted molar refractivity (Wildman–Crippen MR) is 179 cm³/mol. The summed E-state index contributed by atoms with van der Waals surface area (Å²) < 4.78 is 18.6. The Balaban J connectivity index is 0.00000230. The Morgan fingerprint density at radius 3 is 1.69 bits per heavy atom. The molecule has 0 fully saturated rings. The Morgan fingerprint density at radius 1 is 0.689 bits per heavy atom. The van der Waals surface area contributed by atoms with Gasteiger partial charge in [-0.3, -0.25) is 0 Å². The summed E-state index contributed by atoms with van der Waals surface area (Å²) in [5.74, 6) is 0.192. The van der Waals surface area contributed by atoms with E-state index in [9.17, 15) is 4.39 Å². The third-order valence-electron chi connectivity index (χ3n) is 9.33. The molecule has 6 rings (SSSR count). The minimum absolute atomic E-state index is 0. The van der Waals surface area contributed by atoms with Gasteiger partial charge in [-0.2, -0.15) is 0 Å². The van der Waals surface area contributed by atoms with Crippen LogP contribution in [0.25, 0.3) is 16.7 Å². The van der Waals surface area contributed by atoms with Crippen molar-refractivity contribution in [2.45, 2.75) is 69.8 Å². The van der Waals surface area contributed by atoms with E-state index in [0.29, 0.717) is 9.54 Å². The van der Waals surface area contributed by atoms with Crippen LogP contribution in [0.1, 0.15) is 92.4 Å². The largest absolute Gasteiger partial charge is 1.00 e. The van der Waals surface area contributed by atoms with Gasteiger partial charge in [0.1, 0.15) is 0 Å². The second kappa shape index (κ2) is 13.4. The van der Waals surface area contributed by atoms with Crippen LogP contribution >= 0.6 is 0 Å². The summed E-state index contributed by atoms with van der Waals surface area (Å²) in [6.45, 7) is 18.6. The van der Waals surface area contributed by atoms with Crippen molar-refractivity contribution in [2.75, 3.05) is 0 Å². The van der Waals surface area contributed by atoms with Gasteiger partial charge in [-0.15, -0.1) is 0 Å². The molecule has 0 aromatic heterocycles. The van der Waals surface area contributed by atoms with Gasteiger partial charge >= 0.3 is 267 Å². The summed E-state index contributed by atoms with van der Waals surface area (Å²) in [5, 5.41) is 0. The molecule has 1 atom stereocenters. The standard InChI is InChI=1S/C21H25.C13H13.C7H5F.2ClH.Zr/c1-20(2,3)16-9-7-14-11-15-8-10-17(21(4,5)6)13-19(15)18(14)12-16;1-10-8-11(2)13(9-10)12-6-4-3-5-7-12;1-6-2-4-7(8)5-3-6;;;/h7-13H,1-6H3;3-7,9-10H,1-2H3;1-5H;2*1H;/q;;;;;+2/p-2. The fourth-order valence-electron chi connectivity index (χ4n) is 6.93. The van der Waals surface area contributed by atoms with Crippen molar-refractivity contribution in [3.05, 3.63) is 145 Å². The molecule has 4 aromatic carbocycles. The number of fused-ring (bicyclic) bond motifs is 3. The van der Waals surface area contributed by atoms with E-state index in [0.717, 1.165) is 5.56 Å². The molecule has 0 radical (unpaired) electrons. The summed E-state index contributed by atoms with van der Waals surface area (Å²) >= 11 is -2.69. The van der Waals surface area contributed by atoms with Crippen molar-refractivity contribution in [1.82, 2.24) is 0 Å². The molecule has 0 nitrogen and oxygen atoms in total. The zero-order valence-electron chi connectivity index (χ0n) is 27.6. The quantitative estimate of drug-likeness (QED) is 0.280. The van der Waals surface area contributed by atoms with Crippen LogP contribution in [-0.2, 0) is 32.1 Å². The third kappa shape index (κ3) is 6.86. The molecule has 0 amide bonds. The van der Waals surface area contributed by atoms with Crippen LogP contribution in [0.4, 0.5) is 4.39 Å². The molecule has 4 aromatic rings. The van der Waals surface area contributed by atoms with Crippen LogP contribution in [0.2, 0.25) is 0 Å². The van der Waals surface area contributed by atoms with Crippen molar-refractivity contribution < 1.29 is 50.5 Å². The van der Waals surface area contributed by atoms with Gasteiger partial charge in [0, 0.05) is 0 Å². The number of benzene rings is 4. The van der Waals surface area contributed by atoms with Gasteiger partial charge in [0.15, 0.2) is 0 Å². The first-order valence-corrected chi connectivity index (χ1v) is 19.6. The number of rotatable bonds is 4. The molecule has 45 heavy (non-hydrogen) atoms. The second-order valence-electron chi connectivity index (χ2n) is 14.5. The van der Waals surface area contributed by atoms with Gasteiger partial charge in [0.05, 0.1) is 0 Å². The molecule has 0 spiro atoms. The van der Waals surface area contributed by atoms with Crippen LogP contribution in [0, 0.1) is 11.7 Å². The molecule has 0 heterocycles. The maximum atomic E-state index is 14.0. The average molecular weight is 717 g/mol. The maximum absolute atomic E-state index is 14.0. The van der Waals surface area contributed by atoms with Gasteiger partial charge in [-0.25, -0.2) is 0 Å². The first-order chi connectivity index (χ1) is 20.3. The molecule has 0 bridgehead atoms. The van der Waals surface area contributed by atoms with E-state index in [-0.39, 0.29) is 41.5 Å². The zero-order valence-corrected chi connectivity index (χ0v) is 31.6. The normalized spacial score (nSPS) is 16.1. The molecule has 1 unspecified atom stereocenters. The smallest absolute Gasteiger partial charge is 1.00 e.